The molecule has 1 fully saturated rings. The van der Waals surface area contributed by atoms with E-state index in [1.54, 1.807) is 0 Å². The molecule has 1 saturated carbocycles. The Morgan fingerprint density at radius 1 is 0.947 bits per heavy atom. The van der Waals surface area contributed by atoms with Crippen LogP contribution < -0.4 is 0 Å². The standard InChI is InChI=1S/C15H18N.2ClH.Cr/c1-10-11(2)13(4)15(12(10)3)9-14-7-5-6-8-16-14;;;/h5-8H,9H2,1-4H3;2*1H;/q;;;+3/p-2. The van der Waals surface area contributed by atoms with Crippen LogP contribution in [0.15, 0.2) is 24.4 Å². The molecular weight excluding hydrogens is 317 g/mol. The quantitative estimate of drug-likeness (QED) is 0.744. The molecule has 0 N–H and O–H groups in total. The number of hydrogen-bond acceptors (Lipinski definition) is 1. The molecule has 1 aromatic rings. The van der Waals surface area contributed by atoms with Gasteiger partial charge >= 0.3 is 33.5 Å². The predicted molar refractivity (Wildman–Crippen MR) is 78.6 cm³/mol. The molecule has 1 nitrogen and oxygen atoms in total. The van der Waals surface area contributed by atoms with E-state index in [9.17, 15) is 0 Å². The van der Waals surface area contributed by atoms with E-state index in [0.717, 1.165) is 12.1 Å². The van der Waals surface area contributed by atoms with Crippen LogP contribution >= 0.6 is 20.1 Å². The van der Waals surface area contributed by atoms with Gasteiger partial charge in [0.25, 0.3) is 0 Å². The molecule has 4 heteroatoms. The monoisotopic (exact) mass is 334 g/mol. The molecule has 0 unspecified atom stereocenters. The maximum atomic E-state index is 4.83. The van der Waals surface area contributed by atoms with Gasteiger partial charge in [0.15, 0.2) is 0 Å². The second-order valence-electron chi connectivity index (χ2n) is 4.53. The van der Waals surface area contributed by atoms with E-state index < -0.39 is 0 Å². The summed E-state index contributed by atoms with van der Waals surface area (Å²) in [6, 6.07) is 6.11. The summed E-state index contributed by atoms with van der Waals surface area (Å²) in [6.07, 6.45) is 2.82. The Hall–Kier alpha value is 0.262. The SMILES string of the molecule is C[C]1[C](C)[C](C)[C](Cc2ccccn2)[C]1C.[Cl][Cr+][Cl]. The molecule has 102 valence electrons. The van der Waals surface area contributed by atoms with Gasteiger partial charge in [-0.25, -0.2) is 0 Å². The van der Waals surface area contributed by atoms with Crippen molar-refractivity contribution in [2.24, 2.45) is 0 Å². The van der Waals surface area contributed by atoms with Crippen LogP contribution in [0.5, 0.6) is 0 Å². The van der Waals surface area contributed by atoms with Gasteiger partial charge in [0, 0.05) is 11.9 Å². The summed E-state index contributed by atoms with van der Waals surface area (Å²) in [5.74, 6) is 7.18. The van der Waals surface area contributed by atoms with E-state index in [1.807, 2.05) is 12.3 Å². The Morgan fingerprint density at radius 2 is 1.47 bits per heavy atom. The van der Waals surface area contributed by atoms with Gasteiger partial charge in [0.1, 0.15) is 0 Å². The number of hydrogen-bond donors (Lipinski definition) is 0. The molecule has 0 saturated heterocycles. The van der Waals surface area contributed by atoms with Crippen molar-refractivity contribution < 1.29 is 13.4 Å². The van der Waals surface area contributed by atoms with Crippen molar-refractivity contribution in [3.8, 4) is 0 Å². The van der Waals surface area contributed by atoms with Crippen molar-refractivity contribution in [3.63, 3.8) is 0 Å². The van der Waals surface area contributed by atoms with Crippen molar-refractivity contribution in [1.29, 1.82) is 0 Å². The van der Waals surface area contributed by atoms with Crippen LogP contribution in [-0.4, -0.2) is 4.98 Å². The molecular formula is C15H18Cl2CrN+. The molecule has 0 spiro atoms. The number of pyridine rings is 1. The molecule has 0 aliphatic heterocycles. The second-order valence-corrected chi connectivity index (χ2v) is 6.64. The van der Waals surface area contributed by atoms with Gasteiger partial charge < -0.3 is 0 Å². The van der Waals surface area contributed by atoms with Crippen LogP contribution in [0.3, 0.4) is 0 Å². The van der Waals surface area contributed by atoms with Crippen molar-refractivity contribution in [2.75, 3.05) is 0 Å². The Morgan fingerprint density at radius 3 is 1.89 bits per heavy atom. The summed E-state index contributed by atoms with van der Waals surface area (Å²) in [5.41, 5.74) is 1.15. The van der Waals surface area contributed by atoms with E-state index >= 15 is 0 Å². The third-order valence-electron chi connectivity index (χ3n) is 3.68. The fourth-order valence-electron chi connectivity index (χ4n) is 2.25. The van der Waals surface area contributed by atoms with Crippen LogP contribution in [0.25, 0.3) is 0 Å². The summed E-state index contributed by atoms with van der Waals surface area (Å²) in [4.78, 5) is 4.40. The predicted octanol–water partition coefficient (Wildman–Crippen LogP) is 4.97. The molecule has 1 aromatic heterocycles. The molecule has 0 amide bonds. The van der Waals surface area contributed by atoms with E-state index in [-0.39, 0.29) is 13.4 Å². The minimum atomic E-state index is -0.181. The van der Waals surface area contributed by atoms with Gasteiger partial charge in [-0.2, -0.15) is 0 Å². The van der Waals surface area contributed by atoms with Crippen LogP contribution in [0.1, 0.15) is 33.4 Å². The third kappa shape index (κ3) is 4.64. The average molecular weight is 335 g/mol. The number of nitrogens with zero attached hydrogens (tertiary/aromatic N) is 1. The third-order valence-corrected chi connectivity index (χ3v) is 3.68. The zero-order valence-corrected chi connectivity index (χ0v) is 14.4. The Kier molecular flexibility index (Phi) is 7.77. The van der Waals surface area contributed by atoms with Crippen LogP contribution in [0, 0.1) is 29.6 Å². The van der Waals surface area contributed by atoms with E-state index in [0.29, 0.717) is 0 Å². The van der Waals surface area contributed by atoms with Gasteiger partial charge in [0.05, 0.1) is 0 Å². The van der Waals surface area contributed by atoms with Gasteiger partial charge in [0.2, 0.25) is 0 Å². The van der Waals surface area contributed by atoms with Crippen molar-refractivity contribution in [3.05, 3.63) is 59.7 Å². The van der Waals surface area contributed by atoms with E-state index in [4.69, 9.17) is 20.1 Å². The number of aromatic nitrogens is 1. The molecule has 0 aromatic carbocycles. The maximum absolute atomic E-state index is 4.83. The van der Waals surface area contributed by atoms with E-state index in [2.05, 4.69) is 44.8 Å². The van der Waals surface area contributed by atoms with Gasteiger partial charge in [-0.05, 0) is 48.1 Å². The molecule has 0 bridgehead atoms. The summed E-state index contributed by atoms with van der Waals surface area (Å²) >= 11 is -0.181. The molecule has 1 aliphatic carbocycles. The van der Waals surface area contributed by atoms with Crippen LogP contribution in [0.4, 0.5) is 0 Å². The summed E-state index contributed by atoms with van der Waals surface area (Å²) < 4.78 is 0. The van der Waals surface area contributed by atoms with Gasteiger partial charge in [-0.15, -0.1) is 0 Å². The van der Waals surface area contributed by atoms with Gasteiger partial charge in [-0.1, -0.05) is 33.8 Å². The van der Waals surface area contributed by atoms with Crippen LogP contribution in [-0.2, 0) is 19.8 Å². The van der Waals surface area contributed by atoms with Crippen molar-refractivity contribution >= 4 is 20.1 Å². The first kappa shape index (κ1) is 17.3. The van der Waals surface area contributed by atoms with E-state index in [1.165, 1.54) is 29.6 Å². The fourth-order valence-corrected chi connectivity index (χ4v) is 2.25. The zero-order chi connectivity index (χ0) is 14.4. The first-order chi connectivity index (χ1) is 9.02. The average Bonchev–Trinajstić information content (AvgIpc) is 2.59. The second kappa shape index (κ2) is 8.53. The normalized spacial score (nSPS) is 19.3. The number of rotatable bonds is 2. The Labute approximate surface area is 132 Å². The Bertz CT molecular complexity index is 346. The molecule has 1 heterocycles. The zero-order valence-electron chi connectivity index (χ0n) is 11.6. The number of halogens is 2. The summed E-state index contributed by atoms with van der Waals surface area (Å²) in [6.45, 7) is 8.85. The van der Waals surface area contributed by atoms with Crippen molar-refractivity contribution in [1.82, 2.24) is 4.98 Å². The fraction of sp³-hybridized carbons (Fsp3) is 0.333. The Balaban J connectivity index is 0.000000550. The summed E-state index contributed by atoms with van der Waals surface area (Å²) in [5, 5.41) is 0. The van der Waals surface area contributed by atoms with Gasteiger partial charge in [-0.3, -0.25) is 4.98 Å². The molecule has 19 heavy (non-hydrogen) atoms. The molecule has 1 aliphatic rings. The molecule has 2 rings (SSSR count). The minimum absolute atomic E-state index is 0.181. The molecule has 5 radical (unpaired) electrons. The first-order valence-corrected chi connectivity index (χ1v) is 9.54. The topological polar surface area (TPSA) is 12.9 Å². The summed E-state index contributed by atoms with van der Waals surface area (Å²) in [7, 11) is 9.65. The first-order valence-electron chi connectivity index (χ1n) is 6.04. The van der Waals surface area contributed by atoms with Crippen LogP contribution in [0.2, 0.25) is 0 Å². The van der Waals surface area contributed by atoms with Crippen molar-refractivity contribution in [2.45, 2.75) is 34.1 Å². The molecule has 0 atom stereocenters.